The second kappa shape index (κ2) is 7.36. The minimum atomic E-state index is -1.96. The average molecular weight is 331 g/mol. The molecule has 2 atom stereocenters. The van der Waals surface area contributed by atoms with E-state index in [4.69, 9.17) is 9.84 Å². The van der Waals surface area contributed by atoms with Gasteiger partial charge >= 0.3 is 12.1 Å². The highest BCUT2D eigenvalue weighted by Gasteiger charge is 2.29. The predicted octanol–water partition coefficient (Wildman–Crippen LogP) is 1.85. The Bertz CT molecular complexity index is 565. The van der Waals surface area contributed by atoms with E-state index >= 15 is 0 Å². The number of carboxylic acid groups (broad SMARTS) is 1. The molecule has 0 radical (unpaired) electrons. The summed E-state index contributed by atoms with van der Waals surface area (Å²) in [5.41, 5.74) is -0.739. The number of rotatable bonds is 5. The number of hydrogen-bond donors (Lipinski definition) is 3. The number of hydrogen-bond acceptors (Lipinski definition) is 4. The van der Waals surface area contributed by atoms with Crippen LogP contribution < -0.4 is 5.32 Å². The Hall–Kier alpha value is -2.22. The number of halogens is 2. The topological polar surface area (TPSA) is 95.9 Å². The van der Waals surface area contributed by atoms with Crippen molar-refractivity contribution in [1.29, 1.82) is 0 Å². The molecule has 0 fully saturated rings. The van der Waals surface area contributed by atoms with Crippen molar-refractivity contribution in [1.82, 2.24) is 5.32 Å². The molecule has 128 valence electrons. The van der Waals surface area contributed by atoms with Gasteiger partial charge in [0.15, 0.2) is 6.10 Å². The zero-order chi connectivity index (χ0) is 17.8. The summed E-state index contributed by atoms with van der Waals surface area (Å²) >= 11 is 0. The lowest BCUT2D eigenvalue weighted by Crippen LogP contribution is -2.49. The Morgan fingerprint density at radius 2 is 1.74 bits per heavy atom. The van der Waals surface area contributed by atoms with Crippen molar-refractivity contribution < 1.29 is 33.3 Å². The first-order valence-corrected chi connectivity index (χ1v) is 6.83. The van der Waals surface area contributed by atoms with Gasteiger partial charge in [-0.05, 0) is 44.9 Å². The second-order valence-corrected chi connectivity index (χ2v) is 6.02. The molecule has 8 heteroatoms. The first kappa shape index (κ1) is 18.8. The quantitative estimate of drug-likeness (QED) is 0.765. The van der Waals surface area contributed by atoms with Crippen LogP contribution in [0.1, 0.15) is 26.3 Å². The molecule has 1 amide bonds. The van der Waals surface area contributed by atoms with Gasteiger partial charge in [0.05, 0.1) is 6.04 Å². The van der Waals surface area contributed by atoms with Gasteiger partial charge in [0.25, 0.3) is 0 Å². The highest BCUT2D eigenvalue weighted by molar-refractivity contribution is 5.75. The number of alkyl carbamates (subject to hydrolysis) is 1. The molecule has 1 aromatic carbocycles. The fourth-order valence-corrected chi connectivity index (χ4v) is 1.86. The molecule has 23 heavy (non-hydrogen) atoms. The lowest BCUT2D eigenvalue weighted by atomic mass is 10.0. The molecule has 0 aliphatic heterocycles. The van der Waals surface area contributed by atoms with Gasteiger partial charge in [-0.3, -0.25) is 0 Å². The van der Waals surface area contributed by atoms with Crippen LogP contribution in [0.4, 0.5) is 13.6 Å². The van der Waals surface area contributed by atoms with Gasteiger partial charge < -0.3 is 20.3 Å². The van der Waals surface area contributed by atoms with Crippen molar-refractivity contribution in [3.05, 3.63) is 35.4 Å². The van der Waals surface area contributed by atoms with Gasteiger partial charge in [-0.1, -0.05) is 0 Å². The normalized spacial score (nSPS) is 14.0. The number of aliphatic hydroxyl groups is 1. The first-order chi connectivity index (χ1) is 10.5. The van der Waals surface area contributed by atoms with Crippen LogP contribution in [-0.2, 0) is 16.0 Å². The molecule has 0 aliphatic carbocycles. The van der Waals surface area contributed by atoms with Crippen LogP contribution in [0, 0.1) is 11.6 Å². The van der Waals surface area contributed by atoms with Gasteiger partial charge in [0, 0.05) is 6.07 Å². The largest absolute Gasteiger partial charge is 0.479 e. The summed E-state index contributed by atoms with van der Waals surface area (Å²) in [6, 6.07) is 1.32. The summed E-state index contributed by atoms with van der Waals surface area (Å²) in [4.78, 5) is 22.7. The summed E-state index contributed by atoms with van der Waals surface area (Å²) in [6.45, 7) is 4.82. The number of carbonyl (C=O) groups excluding carboxylic acids is 1. The second-order valence-electron chi connectivity index (χ2n) is 6.02. The van der Waals surface area contributed by atoms with E-state index < -0.39 is 41.4 Å². The first-order valence-electron chi connectivity index (χ1n) is 6.83. The van der Waals surface area contributed by atoms with Gasteiger partial charge in [-0.25, -0.2) is 18.4 Å². The summed E-state index contributed by atoms with van der Waals surface area (Å²) < 4.78 is 31.4. The highest BCUT2D eigenvalue weighted by Crippen LogP contribution is 2.13. The summed E-state index contributed by atoms with van der Waals surface area (Å²) in [5, 5.41) is 20.8. The molecule has 0 aromatic heterocycles. The van der Waals surface area contributed by atoms with Crippen molar-refractivity contribution in [2.75, 3.05) is 0 Å². The molecule has 0 heterocycles. The molecule has 0 saturated carbocycles. The van der Waals surface area contributed by atoms with Crippen LogP contribution in [0.15, 0.2) is 18.2 Å². The van der Waals surface area contributed by atoms with Crippen molar-refractivity contribution in [2.24, 2.45) is 0 Å². The Morgan fingerprint density at radius 3 is 2.17 bits per heavy atom. The summed E-state index contributed by atoms with van der Waals surface area (Å²) in [6.07, 6.45) is -3.20. The van der Waals surface area contributed by atoms with E-state index in [0.29, 0.717) is 6.07 Å². The Labute approximate surface area is 132 Å². The monoisotopic (exact) mass is 331 g/mol. The van der Waals surface area contributed by atoms with Gasteiger partial charge in [0.1, 0.15) is 17.2 Å². The standard InChI is InChI=1S/C15H19F2NO5/c1-15(2,3)23-14(22)18-11(12(19)13(20)21)6-8-4-9(16)7-10(17)5-8/h4-5,7,11-12,19H,6H2,1-3H3,(H,18,22)(H,20,21)/t11-,12+/m0/s1. The number of carbonyl (C=O) groups is 2. The minimum Gasteiger partial charge on any atom is -0.479 e. The van der Waals surface area contributed by atoms with Crippen LogP contribution in [0.25, 0.3) is 0 Å². The third-order valence-corrected chi connectivity index (χ3v) is 2.71. The van der Waals surface area contributed by atoms with E-state index in [1.807, 2.05) is 0 Å². The number of benzene rings is 1. The lowest BCUT2D eigenvalue weighted by Gasteiger charge is -2.25. The van der Waals surface area contributed by atoms with Crippen molar-refractivity contribution in [3.8, 4) is 0 Å². The van der Waals surface area contributed by atoms with Gasteiger partial charge in [-0.2, -0.15) is 0 Å². The lowest BCUT2D eigenvalue weighted by molar-refractivity contribution is -0.148. The average Bonchev–Trinajstić information content (AvgIpc) is 2.33. The van der Waals surface area contributed by atoms with E-state index in [1.165, 1.54) is 0 Å². The molecule has 6 nitrogen and oxygen atoms in total. The van der Waals surface area contributed by atoms with Crippen LogP contribution in [0.2, 0.25) is 0 Å². The van der Waals surface area contributed by atoms with Crippen LogP contribution in [0.3, 0.4) is 0 Å². The van der Waals surface area contributed by atoms with Gasteiger partial charge in [0.2, 0.25) is 0 Å². The Kier molecular flexibility index (Phi) is 6.03. The number of aliphatic carboxylic acids is 1. The molecule has 0 bridgehead atoms. The summed E-state index contributed by atoms with van der Waals surface area (Å²) in [5.74, 6) is -3.27. The SMILES string of the molecule is CC(C)(C)OC(=O)N[C@@H](Cc1cc(F)cc(F)c1)[C@@H](O)C(=O)O. The highest BCUT2D eigenvalue weighted by atomic mass is 19.1. The van der Waals surface area contributed by atoms with E-state index in [1.54, 1.807) is 20.8 Å². The fourth-order valence-electron chi connectivity index (χ4n) is 1.86. The zero-order valence-electron chi connectivity index (χ0n) is 13.0. The third kappa shape index (κ3) is 6.60. The molecule has 1 rings (SSSR count). The molecule has 0 unspecified atom stereocenters. The number of carboxylic acids is 1. The maximum absolute atomic E-state index is 13.2. The Morgan fingerprint density at radius 1 is 1.22 bits per heavy atom. The minimum absolute atomic E-state index is 0.0869. The summed E-state index contributed by atoms with van der Waals surface area (Å²) in [7, 11) is 0. The number of amides is 1. The number of aliphatic hydroxyl groups excluding tert-OH is 1. The third-order valence-electron chi connectivity index (χ3n) is 2.71. The number of ether oxygens (including phenoxy) is 1. The molecule has 0 saturated heterocycles. The molecule has 1 aromatic rings. The molecule has 3 N–H and O–H groups in total. The van der Waals surface area contributed by atoms with E-state index in [2.05, 4.69) is 5.32 Å². The van der Waals surface area contributed by atoms with Crippen molar-refractivity contribution in [3.63, 3.8) is 0 Å². The van der Waals surface area contributed by atoms with Crippen molar-refractivity contribution in [2.45, 2.75) is 44.9 Å². The van der Waals surface area contributed by atoms with Crippen LogP contribution in [0.5, 0.6) is 0 Å². The Balaban J connectivity index is 2.92. The van der Waals surface area contributed by atoms with Gasteiger partial charge in [-0.15, -0.1) is 0 Å². The van der Waals surface area contributed by atoms with Crippen LogP contribution >= 0.6 is 0 Å². The van der Waals surface area contributed by atoms with E-state index in [0.717, 1.165) is 12.1 Å². The van der Waals surface area contributed by atoms with Crippen molar-refractivity contribution >= 4 is 12.1 Å². The molecular weight excluding hydrogens is 312 g/mol. The predicted molar refractivity (Wildman–Crippen MR) is 76.9 cm³/mol. The van der Waals surface area contributed by atoms with Crippen LogP contribution in [-0.4, -0.2) is 40.0 Å². The molecule has 0 aliphatic rings. The maximum Gasteiger partial charge on any atom is 0.407 e. The molecule has 0 spiro atoms. The maximum atomic E-state index is 13.2. The number of nitrogens with one attached hydrogen (secondary N) is 1. The zero-order valence-corrected chi connectivity index (χ0v) is 13.0. The fraction of sp³-hybridized carbons (Fsp3) is 0.467. The smallest absolute Gasteiger partial charge is 0.407 e. The van der Waals surface area contributed by atoms with E-state index in [9.17, 15) is 23.5 Å². The van der Waals surface area contributed by atoms with E-state index in [-0.39, 0.29) is 12.0 Å². The molecular formula is C15H19F2NO5.